The summed E-state index contributed by atoms with van der Waals surface area (Å²) in [7, 11) is 1.95. The average molecular weight is 375 g/mol. The highest BCUT2D eigenvalue weighted by molar-refractivity contribution is 5.79. The van der Waals surface area contributed by atoms with Gasteiger partial charge in [0.1, 0.15) is 0 Å². The van der Waals surface area contributed by atoms with Crippen LogP contribution >= 0.6 is 0 Å². The fraction of sp³-hybridized carbons (Fsp3) is 0.700. The van der Waals surface area contributed by atoms with Crippen LogP contribution in [0.2, 0.25) is 0 Å². The summed E-state index contributed by atoms with van der Waals surface area (Å²) < 4.78 is 11.3. The standard InChI is InChI=1S/C20H29N3O4/c1-22(10-15-3-2-6-21-9-15)12-19(24)23-11-16-13-27-8-5-20(16,25)17-14-26-7-4-18(17)23/h2-3,6,9,16-18,25H,4-5,7-8,10-14H2,1H3/t16-,17+,18-,20-/m1/s1. The van der Waals surface area contributed by atoms with Gasteiger partial charge in [-0.25, -0.2) is 0 Å². The number of aliphatic hydroxyl groups is 1. The second kappa shape index (κ2) is 7.83. The largest absolute Gasteiger partial charge is 0.389 e. The number of rotatable bonds is 4. The molecule has 7 nitrogen and oxygen atoms in total. The molecule has 1 amide bonds. The Morgan fingerprint density at radius 1 is 1.41 bits per heavy atom. The van der Waals surface area contributed by atoms with E-state index in [0.717, 1.165) is 12.0 Å². The maximum atomic E-state index is 13.1. The zero-order valence-corrected chi connectivity index (χ0v) is 15.9. The van der Waals surface area contributed by atoms with Crippen molar-refractivity contribution in [1.29, 1.82) is 0 Å². The number of carbonyl (C=O) groups excluding carboxylic acids is 1. The molecule has 3 saturated heterocycles. The quantitative estimate of drug-likeness (QED) is 0.827. The van der Waals surface area contributed by atoms with Crippen LogP contribution in [-0.2, 0) is 20.8 Å². The van der Waals surface area contributed by atoms with Crippen LogP contribution in [0, 0.1) is 11.8 Å². The molecule has 0 spiro atoms. The van der Waals surface area contributed by atoms with Gasteiger partial charge in [0, 0.05) is 63.0 Å². The third kappa shape index (κ3) is 3.74. The topological polar surface area (TPSA) is 75.1 Å². The molecule has 4 atom stereocenters. The summed E-state index contributed by atoms with van der Waals surface area (Å²) in [4.78, 5) is 21.3. The summed E-state index contributed by atoms with van der Waals surface area (Å²) in [6.07, 6.45) is 5.00. The monoisotopic (exact) mass is 375 g/mol. The minimum atomic E-state index is -0.776. The number of fused-ring (bicyclic) bond motifs is 3. The Balaban J connectivity index is 1.46. The van der Waals surface area contributed by atoms with Gasteiger partial charge in [-0.1, -0.05) is 6.07 Å². The molecule has 0 aliphatic carbocycles. The van der Waals surface area contributed by atoms with Crippen LogP contribution in [-0.4, -0.2) is 84.0 Å². The Bertz CT molecular complexity index is 658. The minimum absolute atomic E-state index is 0.0264. The molecule has 3 aliphatic heterocycles. The van der Waals surface area contributed by atoms with Crippen LogP contribution in [0.4, 0.5) is 0 Å². The first-order chi connectivity index (χ1) is 13.1. The molecule has 4 rings (SSSR count). The van der Waals surface area contributed by atoms with E-state index >= 15 is 0 Å². The molecule has 7 heteroatoms. The number of hydrogen-bond donors (Lipinski definition) is 1. The lowest BCUT2D eigenvalue weighted by Gasteiger charge is -2.57. The van der Waals surface area contributed by atoms with Gasteiger partial charge in [0.05, 0.1) is 25.4 Å². The predicted octanol–water partition coefficient (Wildman–Crippen LogP) is 0.528. The molecule has 1 N–H and O–H groups in total. The summed E-state index contributed by atoms with van der Waals surface area (Å²) in [5, 5.41) is 11.3. The van der Waals surface area contributed by atoms with Gasteiger partial charge >= 0.3 is 0 Å². The smallest absolute Gasteiger partial charge is 0.237 e. The zero-order chi connectivity index (χ0) is 18.9. The maximum absolute atomic E-state index is 13.1. The van der Waals surface area contributed by atoms with Crippen molar-refractivity contribution < 1.29 is 19.4 Å². The number of piperidine rings is 1. The molecule has 27 heavy (non-hydrogen) atoms. The van der Waals surface area contributed by atoms with Crippen LogP contribution in [0.3, 0.4) is 0 Å². The Hall–Kier alpha value is -1.54. The average Bonchev–Trinajstić information content (AvgIpc) is 2.68. The van der Waals surface area contributed by atoms with Crippen molar-refractivity contribution >= 4 is 5.91 Å². The molecule has 1 aromatic rings. The molecule has 148 valence electrons. The van der Waals surface area contributed by atoms with Crippen molar-refractivity contribution in [2.24, 2.45) is 11.8 Å². The van der Waals surface area contributed by atoms with Crippen molar-refractivity contribution in [3.63, 3.8) is 0 Å². The first-order valence-electron chi connectivity index (χ1n) is 9.82. The van der Waals surface area contributed by atoms with Crippen molar-refractivity contribution in [1.82, 2.24) is 14.8 Å². The minimum Gasteiger partial charge on any atom is -0.389 e. The molecule has 3 aliphatic rings. The van der Waals surface area contributed by atoms with E-state index in [9.17, 15) is 9.90 Å². The number of pyridine rings is 1. The van der Waals surface area contributed by atoms with E-state index in [1.54, 1.807) is 6.20 Å². The van der Waals surface area contributed by atoms with Crippen LogP contribution in [0.5, 0.6) is 0 Å². The number of carbonyl (C=O) groups is 1. The number of likely N-dealkylation sites (N-methyl/N-ethyl adjacent to an activating group) is 1. The number of ether oxygens (including phenoxy) is 2. The Morgan fingerprint density at radius 2 is 2.26 bits per heavy atom. The van der Waals surface area contributed by atoms with E-state index in [-0.39, 0.29) is 23.8 Å². The van der Waals surface area contributed by atoms with Crippen molar-refractivity contribution in [3.8, 4) is 0 Å². The van der Waals surface area contributed by atoms with E-state index in [4.69, 9.17) is 9.47 Å². The lowest BCUT2D eigenvalue weighted by molar-refractivity contribution is -0.219. The van der Waals surface area contributed by atoms with E-state index < -0.39 is 5.60 Å². The fourth-order valence-corrected chi connectivity index (χ4v) is 4.93. The van der Waals surface area contributed by atoms with Crippen LogP contribution in [0.15, 0.2) is 24.5 Å². The van der Waals surface area contributed by atoms with Crippen LogP contribution in [0.25, 0.3) is 0 Å². The van der Waals surface area contributed by atoms with Gasteiger partial charge < -0.3 is 19.5 Å². The zero-order valence-electron chi connectivity index (χ0n) is 15.9. The Labute approximate surface area is 160 Å². The van der Waals surface area contributed by atoms with Crippen molar-refractivity contribution in [3.05, 3.63) is 30.1 Å². The van der Waals surface area contributed by atoms with Gasteiger partial charge in [0.15, 0.2) is 0 Å². The number of aromatic nitrogens is 1. The molecular weight excluding hydrogens is 346 g/mol. The molecule has 0 radical (unpaired) electrons. The maximum Gasteiger partial charge on any atom is 0.237 e. The number of nitrogens with zero attached hydrogens (tertiary/aromatic N) is 3. The van der Waals surface area contributed by atoms with Gasteiger partial charge in [-0.05, 0) is 25.1 Å². The van der Waals surface area contributed by atoms with Gasteiger partial charge in [-0.3, -0.25) is 14.7 Å². The van der Waals surface area contributed by atoms with Gasteiger partial charge in [-0.15, -0.1) is 0 Å². The molecule has 0 aromatic carbocycles. The lowest BCUT2D eigenvalue weighted by atomic mass is 9.66. The van der Waals surface area contributed by atoms with E-state index in [2.05, 4.69) is 4.98 Å². The molecule has 3 fully saturated rings. The normalized spacial score (nSPS) is 33.4. The number of amides is 1. The van der Waals surface area contributed by atoms with Gasteiger partial charge in [0.2, 0.25) is 5.91 Å². The van der Waals surface area contributed by atoms with Crippen molar-refractivity contribution in [2.75, 3.05) is 46.6 Å². The summed E-state index contributed by atoms with van der Waals surface area (Å²) in [6, 6.07) is 3.98. The number of likely N-dealkylation sites (tertiary alicyclic amines) is 1. The first kappa shape index (κ1) is 18.8. The molecule has 4 heterocycles. The lowest BCUT2D eigenvalue weighted by Crippen LogP contribution is -2.69. The fourth-order valence-electron chi connectivity index (χ4n) is 4.93. The highest BCUT2D eigenvalue weighted by Crippen LogP contribution is 2.44. The highest BCUT2D eigenvalue weighted by atomic mass is 16.5. The first-order valence-corrected chi connectivity index (χ1v) is 9.82. The Kier molecular flexibility index (Phi) is 5.45. The van der Waals surface area contributed by atoms with Crippen LogP contribution < -0.4 is 0 Å². The molecule has 0 unspecified atom stereocenters. The predicted molar refractivity (Wildman–Crippen MR) is 98.9 cm³/mol. The third-order valence-corrected chi connectivity index (χ3v) is 6.35. The summed E-state index contributed by atoms with van der Waals surface area (Å²) in [5.74, 6) is 0.0502. The third-order valence-electron chi connectivity index (χ3n) is 6.35. The summed E-state index contributed by atoms with van der Waals surface area (Å²) >= 11 is 0. The van der Waals surface area contributed by atoms with E-state index in [1.165, 1.54) is 0 Å². The SMILES string of the molecule is CN(CC(=O)N1C[C@@H]2COCC[C@]2(O)[C@H]2COCC[C@H]21)Cc1cccnc1. The van der Waals surface area contributed by atoms with E-state index in [1.807, 2.05) is 35.2 Å². The molecule has 1 aromatic heterocycles. The van der Waals surface area contributed by atoms with Gasteiger partial charge in [-0.2, -0.15) is 0 Å². The van der Waals surface area contributed by atoms with Gasteiger partial charge in [0.25, 0.3) is 0 Å². The second-order valence-electron chi connectivity index (χ2n) is 8.13. The van der Waals surface area contributed by atoms with Crippen molar-refractivity contribution in [2.45, 2.75) is 31.0 Å². The Morgan fingerprint density at radius 3 is 3.07 bits per heavy atom. The number of hydrogen-bond acceptors (Lipinski definition) is 6. The molecular formula is C20H29N3O4. The highest BCUT2D eigenvalue weighted by Gasteiger charge is 2.56. The summed E-state index contributed by atoms with van der Waals surface area (Å²) in [6.45, 7) is 3.86. The summed E-state index contributed by atoms with van der Waals surface area (Å²) in [5.41, 5.74) is 0.312. The van der Waals surface area contributed by atoms with Crippen LogP contribution in [0.1, 0.15) is 18.4 Å². The molecule has 0 bridgehead atoms. The van der Waals surface area contributed by atoms with E-state index in [0.29, 0.717) is 52.5 Å². The second-order valence-corrected chi connectivity index (χ2v) is 8.13. The molecule has 0 saturated carbocycles.